The molecule has 0 N–H and O–H groups in total. The molecule has 0 aliphatic carbocycles. The summed E-state index contributed by atoms with van der Waals surface area (Å²) in [4.78, 5) is 1.53. The first-order valence-electron chi connectivity index (χ1n) is 10.4. The van der Waals surface area contributed by atoms with E-state index < -0.39 is 36.8 Å². The highest BCUT2D eigenvalue weighted by atomic mass is 28.5. The second kappa shape index (κ2) is 9.46. The summed E-state index contributed by atoms with van der Waals surface area (Å²) in [5.41, 5.74) is 0.773. The van der Waals surface area contributed by atoms with E-state index in [0.717, 1.165) is 43.9 Å². The zero-order valence-electron chi connectivity index (χ0n) is 18.8. The molecule has 0 unspecified atom stereocenters. The van der Waals surface area contributed by atoms with E-state index in [1.807, 2.05) is 0 Å². The topological polar surface area (TPSA) is 49.2 Å². The van der Waals surface area contributed by atoms with Crippen LogP contribution >= 0.6 is 0 Å². The van der Waals surface area contributed by atoms with Crippen LogP contribution in [0.3, 0.4) is 0 Å². The highest BCUT2D eigenvalue weighted by Crippen LogP contribution is 2.26. The molecule has 1 aromatic carbocycles. The number of hydrogen-bond donors (Lipinski definition) is 0. The zero-order valence-corrected chi connectivity index (χ0v) is 21.8. The molecular weight excluding hydrogens is 424 g/mol. The summed E-state index contributed by atoms with van der Waals surface area (Å²) in [6.07, 6.45) is 4.15. The van der Waals surface area contributed by atoms with E-state index in [1.165, 1.54) is 4.80 Å². The monoisotopic (exact) mass is 459 g/mol. The number of fused-ring (bicyclic) bond motifs is 1. The summed E-state index contributed by atoms with van der Waals surface area (Å²) < 4.78 is 39.6. The van der Waals surface area contributed by atoms with Crippen molar-refractivity contribution in [2.45, 2.75) is 84.1 Å². The molecule has 0 amide bonds. The van der Waals surface area contributed by atoms with Gasteiger partial charge in [-0.15, -0.1) is 0 Å². The Bertz CT molecular complexity index is 764. The van der Waals surface area contributed by atoms with Gasteiger partial charge in [-0.2, -0.15) is 15.0 Å². The molecule has 1 aromatic heterocycles. The van der Waals surface area contributed by atoms with Gasteiger partial charge in [-0.05, 0) is 58.3 Å². The molecule has 2 aromatic rings. The smallest absolute Gasteiger partial charge is 0.314 e. The van der Waals surface area contributed by atoms with Crippen molar-refractivity contribution < 1.29 is 17.0 Å². The standard InChI is InChI=1S/C19H35F2N3O2Si3/c1-27(2,3)25-29(7,26-28(4,5)6)13-11-9-8-10-12-24-22-18-14-16(20)17(21)15-19(18)23-24/h14-15H,8-13H2,1-7H3. The second-order valence-electron chi connectivity index (χ2n) is 9.78. The van der Waals surface area contributed by atoms with Crippen molar-refractivity contribution in [2.75, 3.05) is 0 Å². The fourth-order valence-electron chi connectivity index (χ4n) is 3.53. The molecule has 0 bridgehead atoms. The largest absolute Gasteiger partial charge is 0.437 e. The molecule has 29 heavy (non-hydrogen) atoms. The molecule has 0 saturated heterocycles. The van der Waals surface area contributed by atoms with E-state index in [0.29, 0.717) is 17.6 Å². The molecule has 5 nitrogen and oxygen atoms in total. The summed E-state index contributed by atoms with van der Waals surface area (Å²) in [5.74, 6) is -1.78. The van der Waals surface area contributed by atoms with Crippen LogP contribution in [0.1, 0.15) is 25.7 Å². The summed E-state index contributed by atoms with van der Waals surface area (Å²) in [6.45, 7) is 16.2. The third-order valence-corrected chi connectivity index (χ3v) is 13.9. The number of aromatic nitrogens is 3. The van der Waals surface area contributed by atoms with Gasteiger partial charge in [0.05, 0.1) is 6.54 Å². The van der Waals surface area contributed by atoms with Crippen LogP contribution in [0.5, 0.6) is 0 Å². The predicted octanol–water partition coefficient (Wildman–Crippen LogP) is 6.04. The van der Waals surface area contributed by atoms with E-state index in [1.54, 1.807) is 0 Å². The Morgan fingerprint density at radius 3 is 1.66 bits per heavy atom. The van der Waals surface area contributed by atoms with Crippen molar-refractivity contribution >= 4 is 36.2 Å². The maximum Gasteiger partial charge on any atom is 0.314 e. The number of unbranched alkanes of at least 4 members (excludes halogenated alkanes) is 3. The number of hydrogen-bond acceptors (Lipinski definition) is 4. The van der Waals surface area contributed by atoms with Crippen molar-refractivity contribution in [2.24, 2.45) is 0 Å². The van der Waals surface area contributed by atoms with Gasteiger partial charge in [-0.1, -0.05) is 19.3 Å². The Hall–Kier alpha value is -0.949. The Labute approximate surface area is 176 Å². The molecule has 0 spiro atoms. The van der Waals surface area contributed by atoms with Crippen LogP contribution in [0.15, 0.2) is 12.1 Å². The van der Waals surface area contributed by atoms with Gasteiger partial charge in [-0.25, -0.2) is 8.78 Å². The summed E-state index contributed by atoms with van der Waals surface area (Å²) in [6, 6.07) is 3.21. The third-order valence-electron chi connectivity index (χ3n) is 4.25. The number of rotatable bonds is 11. The Kier molecular flexibility index (Phi) is 7.93. The average molecular weight is 460 g/mol. The molecule has 0 aliphatic heterocycles. The summed E-state index contributed by atoms with van der Waals surface area (Å²) >= 11 is 0. The lowest BCUT2D eigenvalue weighted by molar-refractivity contribution is 0.379. The van der Waals surface area contributed by atoms with Gasteiger partial charge in [0, 0.05) is 12.1 Å². The molecule has 0 atom stereocenters. The fourth-order valence-corrected chi connectivity index (χ4v) is 16.1. The van der Waals surface area contributed by atoms with Gasteiger partial charge in [0.2, 0.25) is 0 Å². The lowest BCUT2D eigenvalue weighted by atomic mass is 10.2. The van der Waals surface area contributed by atoms with Crippen LogP contribution in [-0.4, -0.2) is 40.2 Å². The maximum absolute atomic E-state index is 13.3. The van der Waals surface area contributed by atoms with Gasteiger partial charge in [0.25, 0.3) is 0 Å². The zero-order chi connectivity index (χ0) is 21.9. The predicted molar refractivity (Wildman–Crippen MR) is 121 cm³/mol. The van der Waals surface area contributed by atoms with E-state index in [2.05, 4.69) is 56.0 Å². The first-order chi connectivity index (χ1) is 13.3. The third kappa shape index (κ3) is 8.36. The van der Waals surface area contributed by atoms with E-state index >= 15 is 0 Å². The average Bonchev–Trinajstić information content (AvgIpc) is 2.89. The van der Waals surface area contributed by atoms with Crippen LogP contribution in [0.25, 0.3) is 11.0 Å². The minimum absolute atomic E-state index is 0.387. The van der Waals surface area contributed by atoms with Gasteiger partial charge >= 0.3 is 8.56 Å². The molecule has 0 radical (unpaired) electrons. The normalized spacial score (nSPS) is 13.4. The van der Waals surface area contributed by atoms with Crippen molar-refractivity contribution in [3.8, 4) is 0 Å². The Morgan fingerprint density at radius 2 is 1.21 bits per heavy atom. The van der Waals surface area contributed by atoms with Crippen molar-refractivity contribution in [3.05, 3.63) is 23.8 Å². The maximum atomic E-state index is 13.3. The van der Waals surface area contributed by atoms with Gasteiger partial charge in [0.1, 0.15) is 11.0 Å². The minimum Gasteiger partial charge on any atom is -0.437 e. The van der Waals surface area contributed by atoms with Gasteiger partial charge < -0.3 is 8.23 Å². The highest BCUT2D eigenvalue weighted by Gasteiger charge is 2.39. The molecule has 1 heterocycles. The number of halogens is 2. The van der Waals surface area contributed by atoms with Crippen molar-refractivity contribution in [1.29, 1.82) is 0 Å². The molecule has 0 fully saturated rings. The van der Waals surface area contributed by atoms with Gasteiger partial charge in [0.15, 0.2) is 28.3 Å². The molecule has 0 aliphatic rings. The van der Waals surface area contributed by atoms with Crippen molar-refractivity contribution in [3.63, 3.8) is 0 Å². The summed E-state index contributed by atoms with van der Waals surface area (Å²) in [7, 11) is -5.46. The fraction of sp³-hybridized carbons (Fsp3) is 0.684. The molecule has 2 rings (SSSR count). The van der Waals surface area contributed by atoms with Crippen molar-refractivity contribution in [1.82, 2.24) is 15.0 Å². The molecular formula is C19H35F2N3O2Si3. The van der Waals surface area contributed by atoms with Crippen LogP contribution in [0.4, 0.5) is 8.78 Å². The van der Waals surface area contributed by atoms with Crippen LogP contribution < -0.4 is 0 Å². The molecule has 0 saturated carbocycles. The lowest BCUT2D eigenvalue weighted by Gasteiger charge is -2.38. The summed E-state index contributed by atoms with van der Waals surface area (Å²) in [5, 5.41) is 8.45. The number of aryl methyl sites for hydroxylation is 1. The quantitative estimate of drug-likeness (QED) is 0.303. The number of benzene rings is 1. The SMILES string of the molecule is C[Si](C)(C)O[Si](C)(CCCCCCn1nc2cc(F)c(F)cc2n1)O[Si](C)(C)C. The van der Waals surface area contributed by atoms with Gasteiger partial charge in [-0.3, -0.25) is 0 Å². The first kappa shape index (κ1) is 24.3. The van der Waals surface area contributed by atoms with Crippen LogP contribution in [0, 0.1) is 11.6 Å². The Morgan fingerprint density at radius 1 is 0.759 bits per heavy atom. The lowest BCUT2D eigenvalue weighted by Crippen LogP contribution is -2.52. The van der Waals surface area contributed by atoms with E-state index in [-0.39, 0.29) is 0 Å². The Balaban J connectivity index is 1.80. The molecule has 164 valence electrons. The minimum atomic E-state index is -2.15. The van der Waals surface area contributed by atoms with Crippen LogP contribution in [-0.2, 0) is 14.8 Å². The van der Waals surface area contributed by atoms with E-state index in [4.69, 9.17) is 8.23 Å². The molecule has 10 heteroatoms. The highest BCUT2D eigenvalue weighted by molar-refractivity contribution is 6.87. The number of nitrogens with zero attached hydrogens (tertiary/aromatic N) is 3. The van der Waals surface area contributed by atoms with E-state index in [9.17, 15) is 8.78 Å². The first-order valence-corrected chi connectivity index (χ1v) is 19.7. The second-order valence-corrected chi connectivity index (χ2v) is 22.6. The van der Waals surface area contributed by atoms with Crippen LogP contribution in [0.2, 0.25) is 51.9 Å².